The maximum atomic E-state index is 13.6. The first kappa shape index (κ1) is 21.5. The van der Waals surface area contributed by atoms with Crippen molar-refractivity contribution in [2.45, 2.75) is 19.3 Å². The largest absolute Gasteiger partial charge is 0.573 e. The van der Waals surface area contributed by atoms with Crippen molar-refractivity contribution < 1.29 is 22.3 Å². The molecule has 0 unspecified atom stereocenters. The van der Waals surface area contributed by atoms with E-state index >= 15 is 0 Å². The summed E-state index contributed by atoms with van der Waals surface area (Å²) in [6.45, 7) is -0.593. The number of hydrogen-bond donors (Lipinski definition) is 3. The van der Waals surface area contributed by atoms with Crippen LogP contribution in [0.4, 0.5) is 17.6 Å². The summed E-state index contributed by atoms with van der Waals surface area (Å²) in [5.74, 6) is -1.42. The minimum atomic E-state index is -5.04. The van der Waals surface area contributed by atoms with Crippen LogP contribution < -0.4 is 11.3 Å². The fourth-order valence-corrected chi connectivity index (χ4v) is 4.25. The van der Waals surface area contributed by atoms with Crippen molar-refractivity contribution in [3.05, 3.63) is 51.2 Å². The molecule has 0 bridgehead atoms. The van der Waals surface area contributed by atoms with E-state index in [2.05, 4.69) is 25.0 Å². The second kappa shape index (κ2) is 7.74. The molecule has 0 atom stereocenters. The fourth-order valence-electron chi connectivity index (χ4n) is 3.14. The molecule has 0 aromatic carbocycles. The SMILES string of the molecule is Cn1c2nc(Cc3n[nH]cc3F)sc2c2cnn(CC(=N)/C(=C\N)OC(F)(F)F)c(=O)c21. The number of aromatic nitrogens is 6. The highest BCUT2D eigenvalue weighted by molar-refractivity contribution is 7.19. The topological polar surface area (TPSA) is 140 Å². The summed E-state index contributed by atoms with van der Waals surface area (Å²) in [4.78, 5) is 17.4. The predicted molar refractivity (Wildman–Crippen MR) is 107 cm³/mol. The van der Waals surface area contributed by atoms with Crippen LogP contribution in [-0.4, -0.2) is 41.6 Å². The number of ether oxygens (including phenoxy) is 1. The predicted octanol–water partition coefficient (Wildman–Crippen LogP) is 2.15. The lowest BCUT2D eigenvalue weighted by Gasteiger charge is -2.13. The summed E-state index contributed by atoms with van der Waals surface area (Å²) in [6, 6.07) is 0. The lowest BCUT2D eigenvalue weighted by atomic mass is 10.3. The molecule has 4 heterocycles. The Morgan fingerprint density at radius 2 is 2.19 bits per heavy atom. The van der Waals surface area contributed by atoms with Gasteiger partial charge in [-0.25, -0.2) is 14.1 Å². The second-order valence-corrected chi connectivity index (χ2v) is 7.69. The highest BCUT2D eigenvalue weighted by Gasteiger charge is 2.33. The Labute approximate surface area is 179 Å². The summed E-state index contributed by atoms with van der Waals surface area (Å²) in [7, 11) is 1.60. The third-order valence-corrected chi connectivity index (χ3v) is 5.62. The number of nitrogens with one attached hydrogen (secondary N) is 2. The average molecular weight is 470 g/mol. The molecule has 0 aliphatic carbocycles. The van der Waals surface area contributed by atoms with E-state index in [1.165, 1.54) is 22.1 Å². The van der Waals surface area contributed by atoms with E-state index in [-0.39, 0.29) is 17.6 Å². The van der Waals surface area contributed by atoms with E-state index in [9.17, 15) is 22.4 Å². The quantitative estimate of drug-likeness (QED) is 0.224. The standard InChI is InChI=1S/C17H14F4N8O2S/c1-28-13-7(14-15(28)26-12(32-14)2-10-8(18)5-24-27-10)4-25-29(16(13)30)6-9(23)11(3-22)31-17(19,20)21/h3-5,23H,2,6,22H2,1H3,(H,24,27)/b11-3+,23-9?. The molecule has 32 heavy (non-hydrogen) atoms. The van der Waals surface area contributed by atoms with Gasteiger partial charge in [0, 0.05) is 25.1 Å². The highest BCUT2D eigenvalue weighted by atomic mass is 32.1. The van der Waals surface area contributed by atoms with E-state index in [1.807, 2.05) is 0 Å². The maximum absolute atomic E-state index is 13.6. The molecule has 168 valence electrons. The molecule has 0 radical (unpaired) electrons. The molecule has 15 heteroatoms. The molecule has 0 spiro atoms. The third-order valence-electron chi connectivity index (χ3n) is 4.54. The summed E-state index contributed by atoms with van der Waals surface area (Å²) in [6.07, 6.45) is -1.89. The number of nitrogens with two attached hydrogens (primary N) is 1. The van der Waals surface area contributed by atoms with Crippen molar-refractivity contribution in [3.63, 3.8) is 0 Å². The van der Waals surface area contributed by atoms with Crippen LogP contribution in [0.3, 0.4) is 0 Å². The van der Waals surface area contributed by atoms with Gasteiger partial charge in [0.25, 0.3) is 5.56 Å². The van der Waals surface area contributed by atoms with E-state index in [1.54, 1.807) is 7.05 Å². The van der Waals surface area contributed by atoms with Crippen LogP contribution in [0.1, 0.15) is 10.7 Å². The number of hydrogen-bond acceptors (Lipinski definition) is 8. The Hall–Kier alpha value is -3.75. The van der Waals surface area contributed by atoms with Gasteiger partial charge in [0.1, 0.15) is 16.2 Å². The smallest absolute Gasteiger partial charge is 0.402 e. The lowest BCUT2D eigenvalue weighted by molar-refractivity contribution is -0.302. The van der Waals surface area contributed by atoms with E-state index < -0.39 is 35.8 Å². The molecule has 0 amide bonds. The van der Waals surface area contributed by atoms with Gasteiger partial charge in [0.05, 0.1) is 29.4 Å². The summed E-state index contributed by atoms with van der Waals surface area (Å²) in [5.41, 5.74) is 4.67. The van der Waals surface area contributed by atoms with E-state index in [4.69, 9.17) is 11.1 Å². The van der Waals surface area contributed by atoms with Gasteiger partial charge in [-0.15, -0.1) is 24.5 Å². The maximum Gasteiger partial charge on any atom is 0.573 e. The fraction of sp³-hybridized carbons (Fsp3) is 0.235. The normalized spacial score (nSPS) is 12.7. The molecule has 4 aromatic rings. The Morgan fingerprint density at radius 3 is 2.81 bits per heavy atom. The van der Waals surface area contributed by atoms with Gasteiger partial charge in [0.15, 0.2) is 17.2 Å². The van der Waals surface area contributed by atoms with Gasteiger partial charge in [-0.1, -0.05) is 0 Å². The van der Waals surface area contributed by atoms with Crippen LogP contribution in [-0.2, 0) is 24.8 Å². The molecular weight excluding hydrogens is 456 g/mol. The number of allylic oxidation sites excluding steroid dienone is 1. The Bertz CT molecular complexity index is 1430. The van der Waals surface area contributed by atoms with Gasteiger partial charge >= 0.3 is 6.36 Å². The molecule has 0 saturated heterocycles. The van der Waals surface area contributed by atoms with Gasteiger partial charge in [-0.3, -0.25) is 15.3 Å². The number of alkyl halides is 3. The van der Waals surface area contributed by atoms with Crippen molar-refractivity contribution in [1.82, 2.24) is 29.5 Å². The van der Waals surface area contributed by atoms with Gasteiger partial charge < -0.3 is 15.0 Å². The summed E-state index contributed by atoms with van der Waals surface area (Å²) in [5, 5.41) is 19.1. The Kier molecular flexibility index (Phi) is 5.20. The Balaban J connectivity index is 1.68. The van der Waals surface area contributed by atoms with Gasteiger partial charge in [-0.2, -0.15) is 10.2 Å². The number of aryl methyl sites for hydroxylation is 1. The molecule has 0 aliphatic heterocycles. The van der Waals surface area contributed by atoms with Crippen LogP contribution in [0, 0.1) is 11.2 Å². The first-order valence-electron chi connectivity index (χ1n) is 8.86. The first-order chi connectivity index (χ1) is 15.1. The molecule has 4 N–H and O–H groups in total. The van der Waals surface area contributed by atoms with Gasteiger partial charge in [0.2, 0.25) is 0 Å². The van der Waals surface area contributed by atoms with Crippen molar-refractivity contribution in [2.24, 2.45) is 12.8 Å². The molecule has 0 aliphatic rings. The minimum Gasteiger partial charge on any atom is -0.402 e. The number of aromatic amines is 1. The number of halogens is 4. The van der Waals surface area contributed by atoms with Crippen LogP contribution >= 0.6 is 11.3 Å². The summed E-state index contributed by atoms with van der Waals surface area (Å²) < 4.78 is 57.7. The minimum absolute atomic E-state index is 0.158. The van der Waals surface area contributed by atoms with E-state index in [0.29, 0.717) is 26.9 Å². The number of fused-ring (bicyclic) bond motifs is 3. The average Bonchev–Trinajstić information content (AvgIpc) is 3.38. The molecule has 4 aromatic heterocycles. The second-order valence-electron chi connectivity index (χ2n) is 6.60. The van der Waals surface area contributed by atoms with Crippen LogP contribution in [0.5, 0.6) is 0 Å². The number of H-pyrrole nitrogens is 1. The lowest BCUT2D eigenvalue weighted by Crippen LogP contribution is -2.29. The Morgan fingerprint density at radius 1 is 1.44 bits per heavy atom. The van der Waals surface area contributed by atoms with Crippen molar-refractivity contribution >= 4 is 38.3 Å². The van der Waals surface area contributed by atoms with Crippen LogP contribution in [0.15, 0.2) is 29.1 Å². The van der Waals surface area contributed by atoms with Gasteiger partial charge in [-0.05, 0) is 0 Å². The van der Waals surface area contributed by atoms with Crippen molar-refractivity contribution in [1.29, 1.82) is 5.41 Å². The zero-order chi connectivity index (χ0) is 23.2. The zero-order valence-corrected chi connectivity index (χ0v) is 17.0. The number of rotatable bonds is 6. The molecule has 0 saturated carbocycles. The monoisotopic (exact) mass is 470 g/mol. The number of nitrogens with zero attached hydrogens (tertiary/aromatic N) is 5. The van der Waals surface area contributed by atoms with Crippen molar-refractivity contribution in [3.8, 4) is 0 Å². The van der Waals surface area contributed by atoms with Crippen LogP contribution in [0.25, 0.3) is 21.3 Å². The van der Waals surface area contributed by atoms with Crippen LogP contribution in [0.2, 0.25) is 0 Å². The highest BCUT2D eigenvalue weighted by Crippen LogP contribution is 2.31. The molecule has 10 nitrogen and oxygen atoms in total. The molecule has 0 fully saturated rings. The van der Waals surface area contributed by atoms with Crippen molar-refractivity contribution in [2.75, 3.05) is 0 Å². The zero-order valence-electron chi connectivity index (χ0n) is 16.2. The van der Waals surface area contributed by atoms with E-state index in [0.717, 1.165) is 10.9 Å². The third kappa shape index (κ3) is 3.81. The molecule has 4 rings (SSSR count). The number of thiazole rings is 1. The first-order valence-corrected chi connectivity index (χ1v) is 9.68. The molecular formula is C17H14F4N8O2S. The summed E-state index contributed by atoms with van der Waals surface area (Å²) >= 11 is 1.24.